The molecule has 0 atom stereocenters. The van der Waals surface area contributed by atoms with E-state index in [0.717, 1.165) is 45.0 Å². The van der Waals surface area contributed by atoms with Crippen molar-refractivity contribution in [3.05, 3.63) is 57.8 Å². The van der Waals surface area contributed by atoms with Crippen LogP contribution in [-0.2, 0) is 19.4 Å². The third-order valence-corrected chi connectivity index (χ3v) is 6.01. The molecule has 28 heavy (non-hydrogen) atoms. The molecular weight excluding hydrogens is 479 g/mol. The van der Waals surface area contributed by atoms with Crippen LogP contribution in [0.2, 0.25) is 0 Å². The molecule has 0 aliphatic carbocycles. The molecule has 1 aliphatic heterocycles. The normalized spacial score (nSPS) is 15.9. The first kappa shape index (κ1) is 23.2. The smallest absolute Gasteiger partial charge is 0.191 e. The lowest BCUT2D eigenvalue weighted by atomic mass is 10.0. The van der Waals surface area contributed by atoms with Gasteiger partial charge in [-0.05, 0) is 59.2 Å². The number of benzene rings is 1. The number of aryl methyl sites for hydroxylation is 1. The van der Waals surface area contributed by atoms with Gasteiger partial charge in [0.05, 0.1) is 0 Å². The average Bonchev–Trinajstić information content (AvgIpc) is 3.22. The maximum absolute atomic E-state index is 4.40. The Morgan fingerprint density at radius 2 is 1.82 bits per heavy atom. The number of rotatable bonds is 7. The summed E-state index contributed by atoms with van der Waals surface area (Å²) in [7, 11) is 1.86. The number of piperidine rings is 1. The summed E-state index contributed by atoms with van der Waals surface area (Å²) in [6, 6.07) is 11.7. The Hall–Kier alpha value is -1.12. The van der Waals surface area contributed by atoms with Crippen LogP contribution in [0.1, 0.15) is 36.5 Å². The third-order valence-electron chi connectivity index (χ3n) is 5.28. The van der Waals surface area contributed by atoms with Gasteiger partial charge >= 0.3 is 0 Å². The number of thiophene rings is 1. The molecule has 2 aromatic rings. The summed E-state index contributed by atoms with van der Waals surface area (Å²) < 4.78 is 0. The quantitative estimate of drug-likeness (QED) is 0.330. The highest BCUT2D eigenvalue weighted by Crippen LogP contribution is 2.15. The first-order valence-electron chi connectivity index (χ1n) is 10.0. The third kappa shape index (κ3) is 7.37. The van der Waals surface area contributed by atoms with Gasteiger partial charge in [-0.25, -0.2) is 0 Å². The number of hydrogen-bond acceptors (Lipinski definition) is 3. The van der Waals surface area contributed by atoms with E-state index in [9.17, 15) is 0 Å². The standard InChI is InChI=1S/C22H32N4S.HI/c1-3-18-4-6-19(7-5-18)8-12-24-22(23-2)25-21-9-13-26(14-10-21)16-20-11-15-27-17-20;/h4-7,11,15,17,21H,3,8-10,12-14,16H2,1-2H3,(H2,23,24,25);1H. The zero-order chi connectivity index (χ0) is 18.9. The molecule has 0 bridgehead atoms. The van der Waals surface area contributed by atoms with Crippen molar-refractivity contribution in [2.24, 2.45) is 4.99 Å². The van der Waals surface area contributed by atoms with Crippen LogP contribution >= 0.6 is 35.3 Å². The molecule has 2 N–H and O–H groups in total. The molecule has 0 saturated carbocycles. The summed E-state index contributed by atoms with van der Waals surface area (Å²) in [6.45, 7) is 6.48. The van der Waals surface area contributed by atoms with Crippen molar-refractivity contribution in [3.63, 3.8) is 0 Å². The van der Waals surface area contributed by atoms with Crippen LogP contribution < -0.4 is 10.6 Å². The Labute approximate surface area is 190 Å². The van der Waals surface area contributed by atoms with Gasteiger partial charge in [0, 0.05) is 39.3 Å². The molecule has 1 saturated heterocycles. The van der Waals surface area contributed by atoms with Gasteiger partial charge in [-0.15, -0.1) is 24.0 Å². The molecule has 6 heteroatoms. The molecule has 1 aromatic heterocycles. The molecule has 3 rings (SSSR count). The Kier molecular flexibility index (Phi) is 10.3. The molecule has 1 fully saturated rings. The van der Waals surface area contributed by atoms with Gasteiger partial charge in [0.15, 0.2) is 5.96 Å². The summed E-state index contributed by atoms with van der Waals surface area (Å²) >= 11 is 1.78. The van der Waals surface area contributed by atoms with E-state index in [4.69, 9.17) is 0 Å². The Morgan fingerprint density at radius 3 is 2.43 bits per heavy atom. The second-order valence-corrected chi connectivity index (χ2v) is 8.03. The lowest BCUT2D eigenvalue weighted by Gasteiger charge is -2.33. The lowest BCUT2D eigenvalue weighted by molar-refractivity contribution is 0.198. The largest absolute Gasteiger partial charge is 0.356 e. The molecular formula is C22H33IN4S. The summed E-state index contributed by atoms with van der Waals surface area (Å²) in [6.07, 6.45) is 4.46. The van der Waals surface area contributed by atoms with Crippen molar-refractivity contribution in [2.75, 3.05) is 26.7 Å². The number of nitrogens with one attached hydrogen (secondary N) is 2. The van der Waals surface area contributed by atoms with Crippen molar-refractivity contribution in [2.45, 2.75) is 45.2 Å². The molecule has 2 heterocycles. The monoisotopic (exact) mass is 512 g/mol. The first-order chi connectivity index (χ1) is 13.3. The average molecular weight is 513 g/mol. The minimum absolute atomic E-state index is 0. The molecule has 0 spiro atoms. The zero-order valence-corrected chi connectivity index (χ0v) is 20.1. The summed E-state index contributed by atoms with van der Waals surface area (Å²) in [4.78, 5) is 6.95. The maximum Gasteiger partial charge on any atom is 0.191 e. The van der Waals surface area contributed by atoms with E-state index >= 15 is 0 Å². The van der Waals surface area contributed by atoms with Gasteiger partial charge in [-0.1, -0.05) is 31.2 Å². The highest BCUT2D eigenvalue weighted by Gasteiger charge is 2.20. The fraction of sp³-hybridized carbons (Fsp3) is 0.500. The zero-order valence-electron chi connectivity index (χ0n) is 17.0. The minimum atomic E-state index is 0. The number of halogens is 1. The van der Waals surface area contributed by atoms with E-state index in [1.807, 2.05) is 7.05 Å². The summed E-state index contributed by atoms with van der Waals surface area (Å²) in [5.41, 5.74) is 4.21. The Balaban J connectivity index is 0.00000280. The van der Waals surface area contributed by atoms with E-state index in [2.05, 4.69) is 68.5 Å². The van der Waals surface area contributed by atoms with Crippen LogP contribution in [0.15, 0.2) is 46.1 Å². The van der Waals surface area contributed by atoms with E-state index < -0.39 is 0 Å². The van der Waals surface area contributed by atoms with Crippen molar-refractivity contribution < 1.29 is 0 Å². The fourth-order valence-electron chi connectivity index (χ4n) is 3.53. The topological polar surface area (TPSA) is 39.7 Å². The van der Waals surface area contributed by atoms with E-state index in [0.29, 0.717) is 6.04 Å². The fourth-order valence-corrected chi connectivity index (χ4v) is 4.19. The molecule has 0 unspecified atom stereocenters. The number of aliphatic imine (C=N–C) groups is 1. The molecule has 1 aliphatic rings. The molecule has 1 aromatic carbocycles. The molecule has 0 radical (unpaired) electrons. The predicted octanol–water partition coefficient (Wildman–Crippen LogP) is 4.30. The summed E-state index contributed by atoms with van der Waals surface area (Å²) in [5, 5.41) is 11.5. The highest BCUT2D eigenvalue weighted by molar-refractivity contribution is 14.0. The van der Waals surface area contributed by atoms with Crippen LogP contribution in [0, 0.1) is 0 Å². The molecule has 0 amide bonds. The van der Waals surface area contributed by atoms with Gasteiger partial charge in [-0.3, -0.25) is 9.89 Å². The van der Waals surface area contributed by atoms with Crippen LogP contribution in [-0.4, -0.2) is 43.6 Å². The van der Waals surface area contributed by atoms with Crippen molar-refractivity contribution in [1.29, 1.82) is 0 Å². The Morgan fingerprint density at radius 1 is 1.11 bits per heavy atom. The van der Waals surface area contributed by atoms with Crippen molar-refractivity contribution >= 4 is 41.3 Å². The number of nitrogens with zero attached hydrogens (tertiary/aromatic N) is 2. The van der Waals surface area contributed by atoms with Gasteiger partial charge in [0.1, 0.15) is 0 Å². The van der Waals surface area contributed by atoms with E-state index in [1.165, 1.54) is 29.5 Å². The van der Waals surface area contributed by atoms with Gasteiger partial charge < -0.3 is 10.6 Å². The van der Waals surface area contributed by atoms with Gasteiger partial charge in [0.2, 0.25) is 0 Å². The van der Waals surface area contributed by atoms with Crippen LogP contribution in [0.4, 0.5) is 0 Å². The van der Waals surface area contributed by atoms with E-state index in [1.54, 1.807) is 11.3 Å². The molecule has 154 valence electrons. The maximum atomic E-state index is 4.40. The Bertz CT molecular complexity index is 692. The van der Waals surface area contributed by atoms with Crippen molar-refractivity contribution in [1.82, 2.24) is 15.5 Å². The molecule has 4 nitrogen and oxygen atoms in total. The van der Waals surface area contributed by atoms with E-state index in [-0.39, 0.29) is 24.0 Å². The predicted molar refractivity (Wildman–Crippen MR) is 132 cm³/mol. The lowest BCUT2D eigenvalue weighted by Crippen LogP contribution is -2.48. The van der Waals surface area contributed by atoms with Crippen LogP contribution in [0.25, 0.3) is 0 Å². The SMILES string of the molecule is CCc1ccc(CCNC(=NC)NC2CCN(Cc3ccsc3)CC2)cc1.I. The van der Waals surface area contributed by atoms with Crippen LogP contribution in [0.3, 0.4) is 0 Å². The van der Waals surface area contributed by atoms with Crippen LogP contribution in [0.5, 0.6) is 0 Å². The summed E-state index contributed by atoms with van der Waals surface area (Å²) in [5.74, 6) is 0.927. The van der Waals surface area contributed by atoms with Gasteiger partial charge in [-0.2, -0.15) is 11.3 Å². The van der Waals surface area contributed by atoms with Crippen molar-refractivity contribution in [3.8, 4) is 0 Å². The second-order valence-electron chi connectivity index (χ2n) is 7.25. The minimum Gasteiger partial charge on any atom is -0.356 e. The highest BCUT2D eigenvalue weighted by atomic mass is 127. The number of guanidine groups is 1. The number of likely N-dealkylation sites (tertiary alicyclic amines) is 1. The first-order valence-corrected chi connectivity index (χ1v) is 11.0. The number of hydrogen-bond donors (Lipinski definition) is 2. The second kappa shape index (κ2) is 12.4. The van der Waals surface area contributed by atoms with Gasteiger partial charge in [0.25, 0.3) is 0 Å².